The van der Waals surface area contributed by atoms with Crippen LogP contribution in [0.25, 0.3) is 6.08 Å². The van der Waals surface area contributed by atoms with Crippen LogP contribution in [0.15, 0.2) is 83.3 Å². The van der Waals surface area contributed by atoms with Crippen molar-refractivity contribution in [3.05, 3.63) is 87.5 Å². The van der Waals surface area contributed by atoms with Gasteiger partial charge in [-0.2, -0.15) is 13.7 Å². The molecule has 0 radical (unpaired) electrons. The quantitative estimate of drug-likeness (QED) is 0.196. The number of halogens is 1. The molecule has 3 rings (SSSR count). The zero-order valence-electron chi connectivity index (χ0n) is 16.8. The lowest BCUT2D eigenvalue weighted by molar-refractivity contribution is -0.112. The lowest BCUT2D eigenvalue weighted by Crippen LogP contribution is -2.14. The highest BCUT2D eigenvalue weighted by atomic mass is 127. The van der Waals surface area contributed by atoms with Gasteiger partial charge in [0.15, 0.2) is 11.5 Å². The summed E-state index contributed by atoms with van der Waals surface area (Å²) in [6, 6.07) is 21.1. The van der Waals surface area contributed by atoms with Crippen molar-refractivity contribution in [2.24, 2.45) is 0 Å². The Morgan fingerprint density at radius 2 is 1.72 bits per heavy atom. The second-order valence-corrected chi connectivity index (χ2v) is 9.15. The predicted octanol–water partition coefficient (Wildman–Crippen LogP) is 4.61. The molecular weight excluding hydrogens is 543 g/mol. The van der Waals surface area contributed by atoms with Crippen LogP contribution in [0, 0.1) is 14.9 Å². The fraction of sp³-hybridized carbons (Fsp3) is 0.0435. The Hall–Kier alpha value is -3.36. The van der Waals surface area contributed by atoms with Crippen LogP contribution in [-0.2, 0) is 14.9 Å². The zero-order valence-corrected chi connectivity index (χ0v) is 19.8. The second-order valence-electron chi connectivity index (χ2n) is 6.36. The molecule has 0 unspecified atom stereocenters. The standard InChI is InChI=1S/C23H17IN2O5S/c1-30-21-9-5-6-16(22(21)31-32(28,29)20-7-3-2-4-8-20)14-17(15-25)23(27)26-19-12-10-18(24)11-13-19/h2-14H,1H3,(H,26,27)/b17-14+. The summed E-state index contributed by atoms with van der Waals surface area (Å²) in [6.45, 7) is 0. The topological polar surface area (TPSA) is 105 Å². The van der Waals surface area contributed by atoms with Crippen LogP contribution in [0.5, 0.6) is 11.5 Å². The summed E-state index contributed by atoms with van der Waals surface area (Å²) in [6.07, 6.45) is 1.25. The highest BCUT2D eigenvalue weighted by molar-refractivity contribution is 14.1. The van der Waals surface area contributed by atoms with Crippen LogP contribution in [0.2, 0.25) is 0 Å². The van der Waals surface area contributed by atoms with Gasteiger partial charge in [-0.25, -0.2) is 0 Å². The number of benzene rings is 3. The molecule has 3 aromatic carbocycles. The fourth-order valence-electron chi connectivity index (χ4n) is 2.68. The zero-order chi connectivity index (χ0) is 23.1. The number of ether oxygens (including phenoxy) is 1. The van der Waals surface area contributed by atoms with Crippen molar-refractivity contribution in [1.29, 1.82) is 5.26 Å². The van der Waals surface area contributed by atoms with E-state index in [2.05, 4.69) is 27.9 Å². The molecule has 162 valence electrons. The van der Waals surface area contributed by atoms with E-state index in [0.717, 1.165) is 3.57 Å². The van der Waals surface area contributed by atoms with E-state index in [0.29, 0.717) is 5.69 Å². The molecule has 9 heteroatoms. The molecule has 1 N–H and O–H groups in total. The fourth-order valence-corrected chi connectivity index (χ4v) is 4.02. The molecule has 3 aromatic rings. The Labute approximate surface area is 199 Å². The van der Waals surface area contributed by atoms with Gasteiger partial charge >= 0.3 is 10.1 Å². The molecule has 0 fully saturated rings. The number of hydrogen-bond acceptors (Lipinski definition) is 6. The predicted molar refractivity (Wildman–Crippen MR) is 129 cm³/mol. The SMILES string of the molecule is COc1cccc(/C=C(\C#N)C(=O)Nc2ccc(I)cc2)c1OS(=O)(=O)c1ccccc1. The third-order valence-electron chi connectivity index (χ3n) is 4.22. The largest absolute Gasteiger partial charge is 0.493 e. The first-order valence-corrected chi connectivity index (χ1v) is 11.7. The average Bonchev–Trinajstić information content (AvgIpc) is 2.80. The van der Waals surface area contributed by atoms with Gasteiger partial charge in [-0.1, -0.05) is 30.3 Å². The number of carbonyl (C=O) groups is 1. The molecule has 32 heavy (non-hydrogen) atoms. The maximum atomic E-state index is 12.7. The molecule has 7 nitrogen and oxygen atoms in total. The summed E-state index contributed by atoms with van der Waals surface area (Å²) in [7, 11) is -2.82. The molecule has 0 aliphatic carbocycles. The first-order valence-electron chi connectivity index (χ1n) is 9.19. The van der Waals surface area contributed by atoms with E-state index >= 15 is 0 Å². The van der Waals surface area contributed by atoms with Crippen molar-refractivity contribution in [3.8, 4) is 17.6 Å². The molecule has 0 aliphatic rings. The number of carbonyl (C=O) groups excluding carboxylic acids is 1. The Bertz CT molecular complexity index is 1300. The van der Waals surface area contributed by atoms with Gasteiger partial charge < -0.3 is 14.2 Å². The minimum atomic E-state index is -4.18. The van der Waals surface area contributed by atoms with E-state index in [1.165, 1.54) is 37.5 Å². The average molecular weight is 560 g/mol. The van der Waals surface area contributed by atoms with Crippen molar-refractivity contribution >= 4 is 50.4 Å². The van der Waals surface area contributed by atoms with Crippen LogP contribution >= 0.6 is 22.6 Å². The van der Waals surface area contributed by atoms with Crippen molar-refractivity contribution < 1.29 is 22.1 Å². The maximum Gasteiger partial charge on any atom is 0.339 e. The van der Waals surface area contributed by atoms with Crippen molar-refractivity contribution in [3.63, 3.8) is 0 Å². The number of nitrogens with one attached hydrogen (secondary N) is 1. The van der Waals surface area contributed by atoms with Gasteiger partial charge in [0.2, 0.25) is 0 Å². The molecule has 0 saturated heterocycles. The van der Waals surface area contributed by atoms with Crippen LogP contribution in [-0.4, -0.2) is 21.4 Å². The van der Waals surface area contributed by atoms with Crippen molar-refractivity contribution in [2.45, 2.75) is 4.90 Å². The number of nitrogens with zero attached hydrogens (tertiary/aromatic N) is 1. The number of amides is 1. The van der Waals surface area contributed by atoms with Gasteiger partial charge in [0.25, 0.3) is 5.91 Å². The Morgan fingerprint density at radius 1 is 1.03 bits per heavy atom. The lowest BCUT2D eigenvalue weighted by Gasteiger charge is -2.13. The van der Waals surface area contributed by atoms with Gasteiger partial charge in [-0.3, -0.25) is 4.79 Å². The lowest BCUT2D eigenvalue weighted by atomic mass is 10.1. The molecule has 0 aliphatic heterocycles. The van der Waals surface area contributed by atoms with Gasteiger partial charge in [-0.05, 0) is 71.1 Å². The van der Waals surface area contributed by atoms with Gasteiger partial charge in [-0.15, -0.1) is 0 Å². The summed E-state index contributed by atoms with van der Waals surface area (Å²) in [4.78, 5) is 12.6. The first-order chi connectivity index (χ1) is 15.3. The number of rotatable bonds is 7. The van der Waals surface area contributed by atoms with Crippen molar-refractivity contribution in [1.82, 2.24) is 0 Å². The van der Waals surface area contributed by atoms with Gasteiger partial charge in [0, 0.05) is 14.8 Å². The molecular formula is C23H17IN2O5S. The third-order valence-corrected chi connectivity index (χ3v) is 6.18. The van der Waals surface area contributed by atoms with Gasteiger partial charge in [0.05, 0.1) is 7.11 Å². The van der Waals surface area contributed by atoms with E-state index in [9.17, 15) is 18.5 Å². The first kappa shape index (κ1) is 23.3. The summed E-state index contributed by atoms with van der Waals surface area (Å²) in [5.74, 6) is -0.643. The second kappa shape index (κ2) is 10.3. The molecule has 0 spiro atoms. The van der Waals surface area contributed by atoms with E-state index in [1.807, 2.05) is 18.2 Å². The van der Waals surface area contributed by atoms with Crippen LogP contribution < -0.4 is 14.2 Å². The van der Waals surface area contributed by atoms with Crippen molar-refractivity contribution in [2.75, 3.05) is 12.4 Å². The Morgan fingerprint density at radius 3 is 2.34 bits per heavy atom. The van der Waals surface area contributed by atoms with E-state index < -0.39 is 16.0 Å². The number of para-hydroxylation sites is 1. The maximum absolute atomic E-state index is 12.7. The number of nitriles is 1. The highest BCUT2D eigenvalue weighted by Crippen LogP contribution is 2.35. The highest BCUT2D eigenvalue weighted by Gasteiger charge is 2.22. The minimum absolute atomic E-state index is 0.0437. The molecule has 0 heterocycles. The Kier molecular flexibility index (Phi) is 7.50. The molecule has 0 atom stereocenters. The minimum Gasteiger partial charge on any atom is -0.493 e. The van der Waals surface area contributed by atoms with Crippen LogP contribution in [0.4, 0.5) is 5.69 Å². The summed E-state index contributed by atoms with van der Waals surface area (Å²) >= 11 is 2.14. The number of hydrogen-bond donors (Lipinski definition) is 1. The molecule has 0 saturated carbocycles. The monoisotopic (exact) mass is 560 g/mol. The number of anilines is 1. The smallest absolute Gasteiger partial charge is 0.339 e. The Balaban J connectivity index is 1.98. The van der Waals surface area contributed by atoms with E-state index in [-0.39, 0.29) is 27.5 Å². The molecule has 0 aromatic heterocycles. The summed E-state index contributed by atoms with van der Waals surface area (Å²) in [5, 5.41) is 12.2. The van der Waals surface area contributed by atoms with Crippen LogP contribution in [0.3, 0.4) is 0 Å². The van der Waals surface area contributed by atoms with E-state index in [1.54, 1.807) is 36.4 Å². The summed E-state index contributed by atoms with van der Waals surface area (Å²) < 4.78 is 37.1. The van der Waals surface area contributed by atoms with Crippen LogP contribution in [0.1, 0.15) is 5.56 Å². The normalized spacial score (nSPS) is 11.3. The van der Waals surface area contributed by atoms with E-state index in [4.69, 9.17) is 8.92 Å². The molecule has 0 bridgehead atoms. The van der Waals surface area contributed by atoms with Gasteiger partial charge in [0.1, 0.15) is 16.5 Å². The molecule has 1 amide bonds. The summed E-state index contributed by atoms with van der Waals surface area (Å²) in [5.41, 5.74) is 0.474. The third kappa shape index (κ3) is 5.66. The number of methoxy groups -OCH3 is 1.